The van der Waals surface area contributed by atoms with Gasteiger partial charge < -0.3 is 10.1 Å². The Kier molecular flexibility index (Phi) is 7.00. The molecule has 0 aliphatic carbocycles. The van der Waals surface area contributed by atoms with Gasteiger partial charge in [0.1, 0.15) is 12.4 Å². The van der Waals surface area contributed by atoms with Gasteiger partial charge in [0.15, 0.2) is 0 Å². The molecule has 3 nitrogen and oxygen atoms in total. The topological polar surface area (TPSA) is 24.5 Å². The Labute approximate surface area is 137 Å². The van der Waals surface area contributed by atoms with E-state index < -0.39 is 0 Å². The number of nitrogens with zero attached hydrogens (tertiary/aromatic N) is 1. The van der Waals surface area contributed by atoms with E-state index in [-0.39, 0.29) is 0 Å². The molecule has 1 saturated heterocycles. The zero-order chi connectivity index (χ0) is 15.1. The molecule has 0 amide bonds. The van der Waals surface area contributed by atoms with E-state index in [9.17, 15) is 0 Å². The third kappa shape index (κ3) is 5.28. The molecule has 1 atom stereocenters. The lowest BCUT2D eigenvalue weighted by molar-refractivity contribution is 0.182. The van der Waals surface area contributed by atoms with Crippen molar-refractivity contribution >= 4 is 15.9 Å². The fourth-order valence-corrected chi connectivity index (χ4v) is 3.21. The Morgan fingerprint density at radius 1 is 1.29 bits per heavy atom. The van der Waals surface area contributed by atoms with Gasteiger partial charge in [-0.05, 0) is 51.5 Å². The van der Waals surface area contributed by atoms with Gasteiger partial charge in [-0.2, -0.15) is 0 Å². The van der Waals surface area contributed by atoms with Crippen LogP contribution < -0.4 is 10.1 Å². The normalized spacial score (nSPS) is 17.7. The van der Waals surface area contributed by atoms with Crippen LogP contribution in [0.25, 0.3) is 0 Å². The lowest BCUT2D eigenvalue weighted by Crippen LogP contribution is -2.33. The van der Waals surface area contributed by atoms with Crippen LogP contribution in [0.1, 0.15) is 44.7 Å². The van der Waals surface area contributed by atoms with Crippen LogP contribution in [0.15, 0.2) is 22.7 Å². The van der Waals surface area contributed by atoms with Crippen molar-refractivity contribution in [1.82, 2.24) is 10.2 Å². The average Bonchev–Trinajstić information content (AvgIpc) is 2.49. The predicted molar refractivity (Wildman–Crippen MR) is 92.0 cm³/mol. The Morgan fingerprint density at radius 2 is 2.05 bits per heavy atom. The maximum atomic E-state index is 6.08. The zero-order valence-corrected chi connectivity index (χ0v) is 14.8. The van der Waals surface area contributed by atoms with Crippen molar-refractivity contribution in [3.63, 3.8) is 0 Å². The summed E-state index contributed by atoms with van der Waals surface area (Å²) < 4.78 is 7.15. The van der Waals surface area contributed by atoms with Crippen molar-refractivity contribution in [1.29, 1.82) is 0 Å². The van der Waals surface area contributed by atoms with Gasteiger partial charge >= 0.3 is 0 Å². The molecule has 1 unspecified atom stereocenters. The molecular weight excluding hydrogens is 328 g/mol. The molecular formula is C17H27BrN2O. The van der Waals surface area contributed by atoms with Gasteiger partial charge in [-0.25, -0.2) is 0 Å². The molecule has 1 aliphatic heterocycles. The molecule has 0 bridgehead atoms. The number of benzene rings is 1. The first-order valence-electron chi connectivity index (χ1n) is 8.08. The molecule has 1 N–H and O–H groups in total. The van der Waals surface area contributed by atoms with Crippen molar-refractivity contribution in [3.8, 4) is 5.75 Å². The minimum absolute atomic E-state index is 0.313. The quantitative estimate of drug-likeness (QED) is 0.801. The third-order valence-corrected chi connectivity index (χ3v) is 4.56. The summed E-state index contributed by atoms with van der Waals surface area (Å²) in [6, 6.07) is 6.63. The number of piperidine rings is 1. The SMILES string of the molecule is CCNC(C)c1ccc(Br)cc1OCCN1CCCCC1. The number of rotatable bonds is 7. The van der Waals surface area contributed by atoms with E-state index in [0.29, 0.717) is 6.04 Å². The van der Waals surface area contributed by atoms with E-state index in [1.54, 1.807) is 0 Å². The third-order valence-electron chi connectivity index (χ3n) is 4.07. The second-order valence-corrected chi connectivity index (χ2v) is 6.63. The molecule has 0 spiro atoms. The van der Waals surface area contributed by atoms with Crippen LogP contribution in [0.3, 0.4) is 0 Å². The molecule has 2 rings (SSSR count). The molecule has 0 aromatic heterocycles. The minimum atomic E-state index is 0.313. The lowest BCUT2D eigenvalue weighted by Gasteiger charge is -2.26. The molecule has 0 saturated carbocycles. The number of hydrogen-bond acceptors (Lipinski definition) is 3. The predicted octanol–water partition coefficient (Wildman–Crippen LogP) is 3.98. The van der Waals surface area contributed by atoms with Crippen molar-refractivity contribution in [2.45, 2.75) is 39.2 Å². The van der Waals surface area contributed by atoms with E-state index in [1.165, 1.54) is 37.9 Å². The summed E-state index contributed by atoms with van der Waals surface area (Å²) in [4.78, 5) is 2.51. The van der Waals surface area contributed by atoms with E-state index >= 15 is 0 Å². The summed E-state index contributed by atoms with van der Waals surface area (Å²) in [5.74, 6) is 0.995. The van der Waals surface area contributed by atoms with Crippen LogP contribution >= 0.6 is 15.9 Å². The second-order valence-electron chi connectivity index (χ2n) is 5.71. The van der Waals surface area contributed by atoms with Gasteiger partial charge in [-0.1, -0.05) is 35.3 Å². The molecule has 21 heavy (non-hydrogen) atoms. The van der Waals surface area contributed by atoms with Gasteiger partial charge in [0.2, 0.25) is 0 Å². The first-order chi connectivity index (χ1) is 10.2. The molecule has 1 aromatic carbocycles. The highest BCUT2D eigenvalue weighted by Crippen LogP contribution is 2.28. The van der Waals surface area contributed by atoms with E-state index in [1.807, 2.05) is 0 Å². The summed E-state index contributed by atoms with van der Waals surface area (Å²) in [5.41, 5.74) is 1.23. The average molecular weight is 355 g/mol. The minimum Gasteiger partial charge on any atom is -0.492 e. The number of ether oxygens (including phenoxy) is 1. The summed E-state index contributed by atoms with van der Waals surface area (Å²) >= 11 is 3.54. The first kappa shape index (κ1) is 16.8. The van der Waals surface area contributed by atoms with Crippen LogP contribution in [0.5, 0.6) is 5.75 Å². The largest absolute Gasteiger partial charge is 0.492 e. The summed E-state index contributed by atoms with van der Waals surface area (Å²) in [6.45, 7) is 9.52. The molecule has 1 aliphatic rings. The van der Waals surface area contributed by atoms with Gasteiger partial charge in [-0.3, -0.25) is 4.90 Å². The van der Waals surface area contributed by atoms with Crippen molar-refractivity contribution < 1.29 is 4.74 Å². The summed E-state index contributed by atoms with van der Waals surface area (Å²) in [7, 11) is 0. The fourth-order valence-electron chi connectivity index (χ4n) is 2.87. The van der Waals surface area contributed by atoms with Gasteiger partial charge in [0, 0.05) is 22.6 Å². The zero-order valence-electron chi connectivity index (χ0n) is 13.2. The molecule has 118 valence electrons. The van der Waals surface area contributed by atoms with Gasteiger partial charge in [-0.15, -0.1) is 0 Å². The number of likely N-dealkylation sites (tertiary alicyclic amines) is 1. The van der Waals surface area contributed by atoms with Gasteiger partial charge in [0.25, 0.3) is 0 Å². The van der Waals surface area contributed by atoms with Gasteiger partial charge in [0.05, 0.1) is 0 Å². The molecule has 1 aromatic rings. The van der Waals surface area contributed by atoms with E-state index in [4.69, 9.17) is 4.74 Å². The van der Waals surface area contributed by atoms with Crippen LogP contribution in [0.4, 0.5) is 0 Å². The molecule has 0 radical (unpaired) electrons. The highest BCUT2D eigenvalue weighted by Gasteiger charge is 2.13. The Morgan fingerprint density at radius 3 is 2.76 bits per heavy atom. The Bertz CT molecular complexity index is 433. The molecule has 4 heteroatoms. The highest BCUT2D eigenvalue weighted by molar-refractivity contribution is 9.10. The second kappa shape index (κ2) is 8.76. The molecule has 1 heterocycles. The number of halogens is 1. The van der Waals surface area contributed by atoms with Crippen molar-refractivity contribution in [2.75, 3.05) is 32.8 Å². The van der Waals surface area contributed by atoms with E-state index in [0.717, 1.165) is 29.9 Å². The van der Waals surface area contributed by atoms with Crippen LogP contribution in [-0.4, -0.2) is 37.7 Å². The van der Waals surface area contributed by atoms with Crippen molar-refractivity contribution in [2.24, 2.45) is 0 Å². The smallest absolute Gasteiger partial charge is 0.125 e. The van der Waals surface area contributed by atoms with Crippen molar-refractivity contribution in [3.05, 3.63) is 28.2 Å². The maximum absolute atomic E-state index is 6.08. The van der Waals surface area contributed by atoms with Crippen LogP contribution in [0.2, 0.25) is 0 Å². The standard InChI is InChI=1S/C17H27BrN2O/c1-3-19-14(2)16-8-7-15(18)13-17(16)21-12-11-20-9-5-4-6-10-20/h7-8,13-14,19H,3-6,9-12H2,1-2H3. The molecule has 1 fully saturated rings. The fraction of sp³-hybridized carbons (Fsp3) is 0.647. The Balaban J connectivity index is 1.92. The van der Waals surface area contributed by atoms with Crippen LogP contribution in [0, 0.1) is 0 Å². The summed E-state index contributed by atoms with van der Waals surface area (Å²) in [5, 5.41) is 3.46. The monoisotopic (exact) mass is 354 g/mol. The maximum Gasteiger partial charge on any atom is 0.125 e. The first-order valence-corrected chi connectivity index (χ1v) is 8.88. The lowest BCUT2D eigenvalue weighted by atomic mass is 10.1. The van der Waals surface area contributed by atoms with Crippen LogP contribution in [-0.2, 0) is 0 Å². The summed E-state index contributed by atoms with van der Waals surface area (Å²) in [6.07, 6.45) is 4.05. The van der Waals surface area contributed by atoms with E-state index in [2.05, 4.69) is 58.2 Å². The number of nitrogens with one attached hydrogen (secondary N) is 1. The Hall–Kier alpha value is -0.580. The highest BCUT2D eigenvalue weighted by atomic mass is 79.9. The number of hydrogen-bond donors (Lipinski definition) is 1.